The summed E-state index contributed by atoms with van der Waals surface area (Å²) in [4.78, 5) is 32.1. The van der Waals surface area contributed by atoms with E-state index in [4.69, 9.17) is 5.73 Å². The maximum Gasteiger partial charge on any atom is 0.416 e. The molecule has 3 rings (SSSR count). The van der Waals surface area contributed by atoms with Gasteiger partial charge in [-0.15, -0.1) is 0 Å². The number of halogens is 3. The van der Waals surface area contributed by atoms with Crippen LogP contribution in [0.25, 0.3) is 0 Å². The Hall–Kier alpha value is -3.14. The van der Waals surface area contributed by atoms with E-state index in [0.29, 0.717) is 17.8 Å². The highest BCUT2D eigenvalue weighted by Gasteiger charge is 2.37. The van der Waals surface area contributed by atoms with Crippen molar-refractivity contribution in [1.82, 2.24) is 20.5 Å². The van der Waals surface area contributed by atoms with Crippen molar-refractivity contribution < 1.29 is 22.8 Å². The summed E-state index contributed by atoms with van der Waals surface area (Å²) in [5.41, 5.74) is 5.36. The van der Waals surface area contributed by atoms with Gasteiger partial charge in [0.15, 0.2) is 0 Å². The average Bonchev–Trinajstić information content (AvgIpc) is 3.28. The van der Waals surface area contributed by atoms with Gasteiger partial charge in [-0.05, 0) is 56.5 Å². The molecule has 0 bridgehead atoms. The number of nitrogens with two attached hydrogens (primary N) is 1. The van der Waals surface area contributed by atoms with E-state index in [1.54, 1.807) is 12.1 Å². The van der Waals surface area contributed by atoms with Crippen LogP contribution in [0.1, 0.15) is 43.4 Å². The molecular weight excluding hydrogens is 447 g/mol. The normalized spacial score (nSPS) is 17.5. The SMILES string of the molecule is CC(C)N1CCC[C@@H]1C(=O)N[C@@H](Cc1ccccc1C(F)(F)F)C(=O)NCc1ccc(N)nc1. The molecule has 34 heavy (non-hydrogen) atoms. The van der Waals surface area contributed by atoms with Gasteiger partial charge in [-0.3, -0.25) is 14.5 Å². The summed E-state index contributed by atoms with van der Waals surface area (Å²) >= 11 is 0. The van der Waals surface area contributed by atoms with Crippen LogP contribution in [0.5, 0.6) is 0 Å². The number of anilines is 1. The Bertz CT molecular complexity index is 995. The van der Waals surface area contributed by atoms with Crippen LogP contribution in [0, 0.1) is 0 Å². The molecule has 0 unspecified atom stereocenters. The highest BCUT2D eigenvalue weighted by Crippen LogP contribution is 2.32. The molecule has 10 heteroatoms. The van der Waals surface area contributed by atoms with Gasteiger partial charge in [0.05, 0.1) is 11.6 Å². The molecule has 2 aromatic rings. The van der Waals surface area contributed by atoms with Crippen LogP contribution in [0.4, 0.5) is 19.0 Å². The van der Waals surface area contributed by atoms with Gasteiger partial charge in [0, 0.05) is 25.2 Å². The van der Waals surface area contributed by atoms with Crippen molar-refractivity contribution in [2.45, 2.75) is 64.0 Å². The van der Waals surface area contributed by atoms with Crippen LogP contribution in [0.2, 0.25) is 0 Å². The fraction of sp³-hybridized carbons (Fsp3) is 0.458. The van der Waals surface area contributed by atoms with Gasteiger partial charge in [-0.25, -0.2) is 4.98 Å². The highest BCUT2D eigenvalue weighted by molar-refractivity contribution is 5.90. The zero-order chi connectivity index (χ0) is 24.9. The Morgan fingerprint density at radius 3 is 2.59 bits per heavy atom. The number of nitrogen functional groups attached to an aromatic ring is 1. The third-order valence-electron chi connectivity index (χ3n) is 5.95. The first-order valence-corrected chi connectivity index (χ1v) is 11.3. The van der Waals surface area contributed by atoms with E-state index in [1.807, 2.05) is 18.7 Å². The number of hydrogen-bond donors (Lipinski definition) is 3. The number of carbonyl (C=O) groups excluding carboxylic acids is 2. The topological polar surface area (TPSA) is 100 Å². The third kappa shape index (κ3) is 6.47. The second-order valence-electron chi connectivity index (χ2n) is 8.72. The van der Waals surface area contributed by atoms with Gasteiger partial charge < -0.3 is 16.4 Å². The maximum atomic E-state index is 13.5. The van der Waals surface area contributed by atoms with E-state index in [0.717, 1.165) is 19.0 Å². The summed E-state index contributed by atoms with van der Waals surface area (Å²) in [6.45, 7) is 4.82. The Balaban J connectivity index is 1.80. The predicted octanol–water partition coefficient (Wildman–Crippen LogP) is 2.90. The van der Waals surface area contributed by atoms with Crippen LogP contribution in [0.3, 0.4) is 0 Å². The number of nitrogens with zero attached hydrogens (tertiary/aromatic N) is 2. The number of benzene rings is 1. The first kappa shape index (κ1) is 25.5. The highest BCUT2D eigenvalue weighted by atomic mass is 19.4. The number of hydrogen-bond acceptors (Lipinski definition) is 5. The lowest BCUT2D eigenvalue weighted by atomic mass is 9.98. The molecule has 2 heterocycles. The van der Waals surface area contributed by atoms with E-state index in [-0.39, 0.29) is 30.5 Å². The van der Waals surface area contributed by atoms with Gasteiger partial charge in [-0.1, -0.05) is 24.3 Å². The minimum Gasteiger partial charge on any atom is -0.384 e. The largest absolute Gasteiger partial charge is 0.416 e. The lowest BCUT2D eigenvalue weighted by Crippen LogP contribution is -2.54. The summed E-state index contributed by atoms with van der Waals surface area (Å²) in [6.07, 6.45) is -1.89. The Labute approximate surface area is 196 Å². The van der Waals surface area contributed by atoms with Crippen molar-refractivity contribution >= 4 is 17.6 Å². The van der Waals surface area contributed by atoms with Crippen molar-refractivity contribution in [3.05, 3.63) is 59.3 Å². The molecule has 184 valence electrons. The molecule has 1 fully saturated rings. The maximum absolute atomic E-state index is 13.5. The monoisotopic (exact) mass is 477 g/mol. The molecule has 1 aliphatic rings. The number of alkyl halides is 3. The number of pyridine rings is 1. The number of rotatable bonds is 8. The second kappa shape index (κ2) is 10.9. The first-order valence-electron chi connectivity index (χ1n) is 11.3. The molecule has 2 atom stereocenters. The van der Waals surface area contributed by atoms with E-state index in [1.165, 1.54) is 24.4 Å². The minimum absolute atomic E-state index is 0.0586. The average molecular weight is 478 g/mol. The second-order valence-corrected chi connectivity index (χ2v) is 8.72. The number of nitrogens with one attached hydrogen (secondary N) is 2. The smallest absolute Gasteiger partial charge is 0.384 e. The molecule has 0 saturated carbocycles. The fourth-order valence-corrected chi connectivity index (χ4v) is 4.21. The zero-order valence-electron chi connectivity index (χ0n) is 19.2. The standard InChI is InChI=1S/C24H30F3N5O2/c1-15(2)32-11-5-8-20(32)23(34)31-19(12-17-6-3-4-7-18(17)24(25,26)27)22(33)30-14-16-9-10-21(28)29-13-16/h3-4,6-7,9-10,13,15,19-20H,5,8,11-12,14H2,1-2H3,(H2,28,29)(H,30,33)(H,31,34)/t19-,20+/m0/s1. The summed E-state index contributed by atoms with van der Waals surface area (Å²) in [7, 11) is 0. The van der Waals surface area contributed by atoms with E-state index in [2.05, 4.69) is 15.6 Å². The van der Waals surface area contributed by atoms with Crippen LogP contribution in [-0.2, 0) is 28.7 Å². The van der Waals surface area contributed by atoms with Gasteiger partial charge in [0.1, 0.15) is 11.9 Å². The molecule has 0 aliphatic carbocycles. The molecule has 2 amide bonds. The Morgan fingerprint density at radius 2 is 1.94 bits per heavy atom. The summed E-state index contributed by atoms with van der Waals surface area (Å²) in [5, 5.41) is 5.42. The third-order valence-corrected chi connectivity index (χ3v) is 5.95. The van der Waals surface area contributed by atoms with E-state index < -0.39 is 29.7 Å². The quantitative estimate of drug-likeness (QED) is 0.543. The molecule has 1 saturated heterocycles. The van der Waals surface area contributed by atoms with Gasteiger partial charge in [0.25, 0.3) is 0 Å². The molecule has 0 spiro atoms. The molecule has 4 N–H and O–H groups in total. The lowest BCUT2D eigenvalue weighted by molar-refractivity contribution is -0.138. The zero-order valence-corrected chi connectivity index (χ0v) is 19.2. The van der Waals surface area contributed by atoms with Crippen LogP contribution in [-0.4, -0.2) is 46.4 Å². The number of likely N-dealkylation sites (tertiary alicyclic amines) is 1. The Kier molecular flexibility index (Phi) is 8.14. The molecule has 1 aromatic carbocycles. The minimum atomic E-state index is -4.57. The number of amides is 2. The van der Waals surface area contributed by atoms with Crippen molar-refractivity contribution in [1.29, 1.82) is 0 Å². The number of carbonyl (C=O) groups is 2. The fourth-order valence-electron chi connectivity index (χ4n) is 4.21. The van der Waals surface area contributed by atoms with Crippen molar-refractivity contribution in [3.63, 3.8) is 0 Å². The van der Waals surface area contributed by atoms with Crippen molar-refractivity contribution in [2.75, 3.05) is 12.3 Å². The molecule has 7 nitrogen and oxygen atoms in total. The number of aromatic nitrogens is 1. The molecule has 0 radical (unpaired) electrons. The Morgan fingerprint density at radius 1 is 1.21 bits per heavy atom. The van der Waals surface area contributed by atoms with Crippen LogP contribution in [0.15, 0.2) is 42.6 Å². The summed E-state index contributed by atoms with van der Waals surface area (Å²) in [6, 6.07) is 6.90. The molecule has 1 aliphatic heterocycles. The first-order chi connectivity index (χ1) is 16.1. The predicted molar refractivity (Wildman–Crippen MR) is 122 cm³/mol. The molecular formula is C24H30F3N5O2. The van der Waals surface area contributed by atoms with E-state index >= 15 is 0 Å². The summed E-state index contributed by atoms with van der Waals surface area (Å²) in [5.74, 6) is -0.600. The lowest BCUT2D eigenvalue weighted by Gasteiger charge is -2.29. The van der Waals surface area contributed by atoms with Crippen LogP contribution >= 0.6 is 0 Å². The van der Waals surface area contributed by atoms with Crippen molar-refractivity contribution in [3.8, 4) is 0 Å². The van der Waals surface area contributed by atoms with E-state index in [9.17, 15) is 22.8 Å². The van der Waals surface area contributed by atoms with Gasteiger partial charge in [0.2, 0.25) is 11.8 Å². The van der Waals surface area contributed by atoms with Gasteiger partial charge in [-0.2, -0.15) is 13.2 Å². The van der Waals surface area contributed by atoms with Crippen LogP contribution < -0.4 is 16.4 Å². The van der Waals surface area contributed by atoms with Gasteiger partial charge >= 0.3 is 6.18 Å². The molecule has 1 aromatic heterocycles. The summed E-state index contributed by atoms with van der Waals surface area (Å²) < 4.78 is 40.6. The van der Waals surface area contributed by atoms with Crippen molar-refractivity contribution in [2.24, 2.45) is 0 Å².